The van der Waals surface area contributed by atoms with E-state index in [1.807, 2.05) is 0 Å². The van der Waals surface area contributed by atoms with E-state index in [4.69, 9.17) is 5.73 Å². The molecule has 0 bridgehead atoms. The zero-order valence-corrected chi connectivity index (χ0v) is 9.89. The molecule has 0 spiro atoms. The summed E-state index contributed by atoms with van der Waals surface area (Å²) in [5.74, 6) is 0.596. The Labute approximate surface area is 87.0 Å². The largest absolute Gasteiger partial charge is 0.327 e. The van der Waals surface area contributed by atoms with Crippen molar-refractivity contribution in [2.75, 3.05) is 5.75 Å². The van der Waals surface area contributed by atoms with E-state index in [9.17, 15) is 8.42 Å². The molecule has 1 atom stereocenters. The van der Waals surface area contributed by atoms with E-state index in [0.29, 0.717) is 5.92 Å². The lowest BCUT2D eigenvalue weighted by Gasteiger charge is -2.19. The third-order valence-corrected chi connectivity index (χ3v) is 5.43. The molecule has 1 rings (SSSR count). The van der Waals surface area contributed by atoms with Crippen LogP contribution in [0.5, 0.6) is 0 Å². The lowest BCUT2D eigenvalue weighted by molar-refractivity contribution is 0.454. The number of rotatable bonds is 4. The third kappa shape index (κ3) is 2.95. The first-order valence-electron chi connectivity index (χ1n) is 5.40. The van der Waals surface area contributed by atoms with Gasteiger partial charge in [-0.3, -0.25) is 0 Å². The Morgan fingerprint density at radius 3 is 2.21 bits per heavy atom. The van der Waals surface area contributed by atoms with Gasteiger partial charge in [-0.25, -0.2) is 8.42 Å². The van der Waals surface area contributed by atoms with Gasteiger partial charge in [0.15, 0.2) is 9.84 Å². The molecule has 4 heteroatoms. The summed E-state index contributed by atoms with van der Waals surface area (Å²) in [6, 6.07) is -0.148. The van der Waals surface area contributed by atoms with Gasteiger partial charge in [0.05, 0.1) is 11.0 Å². The Hall–Kier alpha value is -0.0900. The number of hydrogen-bond acceptors (Lipinski definition) is 3. The topological polar surface area (TPSA) is 60.2 Å². The van der Waals surface area contributed by atoms with E-state index >= 15 is 0 Å². The van der Waals surface area contributed by atoms with Gasteiger partial charge in [0.25, 0.3) is 0 Å². The highest BCUT2D eigenvalue weighted by Gasteiger charge is 2.27. The quantitative estimate of drug-likeness (QED) is 0.776. The van der Waals surface area contributed by atoms with Crippen LogP contribution in [0.4, 0.5) is 0 Å². The van der Waals surface area contributed by atoms with Gasteiger partial charge in [-0.05, 0) is 32.6 Å². The van der Waals surface area contributed by atoms with Crippen LogP contribution in [0.2, 0.25) is 0 Å². The van der Waals surface area contributed by atoms with E-state index in [2.05, 4.69) is 0 Å². The van der Waals surface area contributed by atoms with Crippen molar-refractivity contribution in [2.24, 2.45) is 11.7 Å². The van der Waals surface area contributed by atoms with E-state index in [0.717, 1.165) is 12.8 Å². The Bertz CT molecular complexity index is 266. The Morgan fingerprint density at radius 2 is 1.79 bits per heavy atom. The van der Waals surface area contributed by atoms with E-state index in [1.54, 1.807) is 13.8 Å². The molecule has 2 N–H and O–H groups in total. The molecule has 0 aliphatic heterocycles. The van der Waals surface area contributed by atoms with Gasteiger partial charge in [-0.2, -0.15) is 0 Å². The van der Waals surface area contributed by atoms with Crippen LogP contribution in [0.1, 0.15) is 39.5 Å². The zero-order chi connectivity index (χ0) is 10.8. The van der Waals surface area contributed by atoms with Crippen LogP contribution < -0.4 is 5.73 Å². The minimum absolute atomic E-state index is 0.148. The fourth-order valence-corrected chi connectivity index (χ4v) is 3.18. The highest BCUT2D eigenvalue weighted by Crippen LogP contribution is 2.27. The summed E-state index contributed by atoms with van der Waals surface area (Å²) in [7, 11) is -2.96. The summed E-state index contributed by atoms with van der Waals surface area (Å²) in [6.07, 6.45) is 4.63. The van der Waals surface area contributed by atoms with Crippen molar-refractivity contribution in [1.29, 1.82) is 0 Å². The second-order valence-electron chi connectivity index (χ2n) is 4.59. The minimum Gasteiger partial charge on any atom is -0.327 e. The van der Waals surface area contributed by atoms with Crippen LogP contribution in [-0.2, 0) is 9.84 Å². The lowest BCUT2D eigenvalue weighted by Crippen LogP contribution is -2.38. The van der Waals surface area contributed by atoms with Gasteiger partial charge in [0.1, 0.15) is 0 Å². The number of hydrogen-bond donors (Lipinski definition) is 1. The first-order valence-corrected chi connectivity index (χ1v) is 7.12. The number of nitrogens with two attached hydrogens (primary N) is 1. The van der Waals surface area contributed by atoms with E-state index in [-0.39, 0.29) is 17.0 Å². The molecule has 84 valence electrons. The van der Waals surface area contributed by atoms with Crippen molar-refractivity contribution in [2.45, 2.75) is 50.8 Å². The molecule has 0 aromatic heterocycles. The first-order chi connectivity index (χ1) is 6.43. The SMILES string of the molecule is CC(C)S(=O)(=O)CC(N)C1CCCC1. The minimum atomic E-state index is -2.96. The summed E-state index contributed by atoms with van der Waals surface area (Å²) in [5, 5.41) is -0.296. The first kappa shape index (κ1) is 12.0. The van der Waals surface area contributed by atoms with Crippen molar-refractivity contribution in [3.8, 4) is 0 Å². The van der Waals surface area contributed by atoms with Crippen LogP contribution in [0.25, 0.3) is 0 Å². The van der Waals surface area contributed by atoms with Crippen molar-refractivity contribution < 1.29 is 8.42 Å². The highest BCUT2D eigenvalue weighted by atomic mass is 32.2. The van der Waals surface area contributed by atoms with Gasteiger partial charge in [0.2, 0.25) is 0 Å². The zero-order valence-electron chi connectivity index (χ0n) is 9.07. The van der Waals surface area contributed by atoms with Crippen LogP contribution in [0.15, 0.2) is 0 Å². The maximum Gasteiger partial charge on any atom is 0.154 e. The molecule has 1 aliphatic rings. The molecule has 3 nitrogen and oxygen atoms in total. The highest BCUT2D eigenvalue weighted by molar-refractivity contribution is 7.92. The Balaban J connectivity index is 2.51. The Morgan fingerprint density at radius 1 is 1.29 bits per heavy atom. The molecule has 0 radical (unpaired) electrons. The summed E-state index contributed by atoms with van der Waals surface area (Å²) >= 11 is 0. The van der Waals surface area contributed by atoms with Gasteiger partial charge in [-0.15, -0.1) is 0 Å². The Kier molecular flexibility index (Phi) is 3.95. The molecule has 0 amide bonds. The lowest BCUT2D eigenvalue weighted by atomic mass is 10.0. The predicted octanol–water partition coefficient (Wildman–Crippen LogP) is 1.33. The second kappa shape index (κ2) is 4.62. The molecular weight excluding hydrogens is 198 g/mol. The van der Waals surface area contributed by atoms with E-state index in [1.165, 1.54) is 12.8 Å². The molecule has 0 heterocycles. The summed E-state index contributed by atoms with van der Waals surface area (Å²) in [6.45, 7) is 3.44. The molecule has 0 aromatic rings. The van der Waals surface area contributed by atoms with Gasteiger partial charge in [-0.1, -0.05) is 12.8 Å². The standard InChI is InChI=1S/C10H21NO2S/c1-8(2)14(12,13)7-10(11)9-5-3-4-6-9/h8-10H,3-7,11H2,1-2H3. The molecule has 0 saturated heterocycles. The monoisotopic (exact) mass is 219 g/mol. The van der Waals surface area contributed by atoms with Crippen molar-refractivity contribution in [1.82, 2.24) is 0 Å². The van der Waals surface area contributed by atoms with Gasteiger partial charge < -0.3 is 5.73 Å². The number of sulfone groups is 1. The van der Waals surface area contributed by atoms with Crippen LogP contribution in [0.3, 0.4) is 0 Å². The molecule has 0 aromatic carbocycles. The maximum absolute atomic E-state index is 11.6. The summed E-state index contributed by atoms with van der Waals surface area (Å²) < 4.78 is 23.2. The molecule has 1 saturated carbocycles. The average Bonchev–Trinajstić information content (AvgIpc) is 2.54. The van der Waals surface area contributed by atoms with Crippen molar-refractivity contribution >= 4 is 9.84 Å². The summed E-state index contributed by atoms with van der Waals surface area (Å²) in [4.78, 5) is 0. The van der Waals surface area contributed by atoms with Gasteiger partial charge >= 0.3 is 0 Å². The fraction of sp³-hybridized carbons (Fsp3) is 1.00. The van der Waals surface area contributed by atoms with Crippen molar-refractivity contribution in [3.05, 3.63) is 0 Å². The predicted molar refractivity (Wildman–Crippen MR) is 58.9 cm³/mol. The molecular formula is C10H21NO2S. The van der Waals surface area contributed by atoms with Crippen LogP contribution in [0, 0.1) is 5.92 Å². The molecule has 1 aliphatic carbocycles. The fourth-order valence-electron chi connectivity index (χ4n) is 1.98. The molecule has 1 unspecified atom stereocenters. The normalized spacial score (nSPS) is 21.7. The van der Waals surface area contributed by atoms with Crippen molar-refractivity contribution in [3.63, 3.8) is 0 Å². The maximum atomic E-state index is 11.6. The molecule has 14 heavy (non-hydrogen) atoms. The summed E-state index contributed by atoms with van der Waals surface area (Å²) in [5.41, 5.74) is 5.92. The molecule has 1 fully saturated rings. The third-order valence-electron chi connectivity index (χ3n) is 3.15. The van der Waals surface area contributed by atoms with E-state index < -0.39 is 9.84 Å². The average molecular weight is 219 g/mol. The van der Waals surface area contributed by atoms with Gasteiger partial charge in [0, 0.05) is 6.04 Å². The van der Waals surface area contributed by atoms with Crippen LogP contribution in [-0.4, -0.2) is 25.5 Å². The smallest absolute Gasteiger partial charge is 0.154 e. The van der Waals surface area contributed by atoms with Crippen LogP contribution >= 0.6 is 0 Å². The second-order valence-corrected chi connectivity index (χ2v) is 7.19.